The summed E-state index contributed by atoms with van der Waals surface area (Å²) in [5.41, 5.74) is 0. The van der Waals surface area contributed by atoms with Gasteiger partial charge in [0.05, 0.1) is 12.5 Å². The fourth-order valence-electron chi connectivity index (χ4n) is 2.28. The molecule has 0 radical (unpaired) electrons. The number of ether oxygens (including phenoxy) is 2. The van der Waals surface area contributed by atoms with Crippen LogP contribution < -0.4 is 0 Å². The first-order valence-corrected chi connectivity index (χ1v) is 7.49. The van der Waals surface area contributed by atoms with E-state index in [-0.39, 0.29) is 30.4 Å². The molecule has 22 heavy (non-hydrogen) atoms. The third-order valence-corrected chi connectivity index (χ3v) is 4.71. The molecule has 1 N–H and O–H groups in total. The number of nitrogens with zero attached hydrogens (tertiary/aromatic N) is 2. The van der Waals surface area contributed by atoms with Crippen LogP contribution >= 0.6 is 11.8 Å². The largest absolute Gasteiger partial charge is 0.515 e. The molecular weight excluding hydrogens is 308 g/mol. The van der Waals surface area contributed by atoms with Crippen LogP contribution in [-0.4, -0.2) is 45.2 Å². The van der Waals surface area contributed by atoms with Gasteiger partial charge in [0.25, 0.3) is 0 Å². The van der Waals surface area contributed by atoms with Crippen molar-refractivity contribution in [3.63, 3.8) is 0 Å². The van der Waals surface area contributed by atoms with Crippen molar-refractivity contribution in [2.24, 2.45) is 5.92 Å². The van der Waals surface area contributed by atoms with Gasteiger partial charge in [-0.15, -0.1) is 0 Å². The molecule has 3 rings (SSSR count). The maximum Gasteiger partial charge on any atom is 0.515 e. The molecule has 1 fully saturated rings. The number of hydrogen-bond acceptors (Lipinski definition) is 6. The topological polar surface area (TPSA) is 81.0 Å². The number of β-lactam (4-membered cyclic amide) rings is 1. The highest BCUT2D eigenvalue weighted by Gasteiger charge is 2.56. The van der Waals surface area contributed by atoms with Crippen LogP contribution in [0.2, 0.25) is 0 Å². The van der Waals surface area contributed by atoms with Crippen molar-refractivity contribution in [2.45, 2.75) is 5.37 Å². The zero-order chi connectivity index (χ0) is 15.7. The van der Waals surface area contributed by atoms with E-state index in [1.165, 1.54) is 22.7 Å². The van der Waals surface area contributed by atoms with Crippen LogP contribution in [0.25, 0.3) is 5.03 Å². The van der Waals surface area contributed by atoms with Gasteiger partial charge in [-0.05, 0) is 12.1 Å². The van der Waals surface area contributed by atoms with Gasteiger partial charge in [0.15, 0.2) is 0 Å². The zero-order valence-corrected chi connectivity index (χ0v) is 12.4. The summed E-state index contributed by atoms with van der Waals surface area (Å²) >= 11 is 1.36. The first-order valence-electron chi connectivity index (χ1n) is 6.61. The number of thioether (sulfide) groups is 1. The lowest BCUT2D eigenvalue weighted by Gasteiger charge is -2.40. The Kier molecular flexibility index (Phi) is 3.95. The van der Waals surface area contributed by atoms with E-state index >= 15 is 0 Å². The molecule has 0 spiro atoms. The van der Waals surface area contributed by atoms with E-state index in [9.17, 15) is 14.7 Å². The maximum atomic E-state index is 12.1. The molecule has 2 aliphatic heterocycles. The highest BCUT2D eigenvalue weighted by Crippen LogP contribution is 2.51. The van der Waals surface area contributed by atoms with E-state index in [0.717, 1.165) is 0 Å². The summed E-state index contributed by atoms with van der Waals surface area (Å²) in [5, 5.41) is 9.61. The van der Waals surface area contributed by atoms with E-state index in [4.69, 9.17) is 9.47 Å². The van der Waals surface area contributed by atoms with Crippen LogP contribution in [0.4, 0.5) is 4.79 Å². The Bertz CT molecular complexity index is 640. The molecule has 8 heteroatoms. The van der Waals surface area contributed by atoms with Crippen LogP contribution in [0.5, 0.6) is 0 Å². The summed E-state index contributed by atoms with van der Waals surface area (Å²) in [6.45, 7) is 3.23. The van der Waals surface area contributed by atoms with Crippen LogP contribution in [0, 0.1) is 5.92 Å². The Labute approximate surface area is 130 Å². The fourth-order valence-corrected chi connectivity index (χ4v) is 3.66. The third kappa shape index (κ3) is 2.30. The number of aliphatic hydroxyl groups is 1. The summed E-state index contributed by atoms with van der Waals surface area (Å²) < 4.78 is 11.7. The fraction of sp³-hybridized carbons (Fsp3) is 0.286. The van der Waals surface area contributed by atoms with Gasteiger partial charge in [0, 0.05) is 12.4 Å². The first kappa shape index (κ1) is 14.7. The van der Waals surface area contributed by atoms with E-state index in [0.29, 0.717) is 5.03 Å². The molecule has 116 valence electrons. The number of fused-ring (bicyclic) bond motifs is 1. The summed E-state index contributed by atoms with van der Waals surface area (Å²) in [4.78, 5) is 25.1. The van der Waals surface area contributed by atoms with Gasteiger partial charge >= 0.3 is 6.16 Å². The van der Waals surface area contributed by atoms with Crippen molar-refractivity contribution in [2.75, 3.05) is 13.2 Å². The molecule has 2 atom stereocenters. The van der Waals surface area contributed by atoms with Gasteiger partial charge in [-0.1, -0.05) is 24.4 Å². The smallest absolute Gasteiger partial charge is 0.430 e. The summed E-state index contributed by atoms with van der Waals surface area (Å²) in [6, 6.07) is 3.64. The highest BCUT2D eigenvalue weighted by molar-refractivity contribution is 8.08. The first-order chi connectivity index (χ1) is 10.7. The van der Waals surface area contributed by atoms with Gasteiger partial charge in [0.1, 0.15) is 17.0 Å². The van der Waals surface area contributed by atoms with Crippen molar-refractivity contribution in [1.82, 2.24) is 9.47 Å². The molecule has 7 nitrogen and oxygen atoms in total. The van der Waals surface area contributed by atoms with Crippen molar-refractivity contribution < 1.29 is 24.2 Å². The standard InChI is InChI=1S/C14H14N2O5S/c1-2-7-20-14(19)21-11-13(15-5-3-4-6-15)22-12-9(8-17)10(18)16(11)12/h2-6,9,12,17H,1,7-8H2/t9-,12+/m0/s1. The van der Waals surface area contributed by atoms with Gasteiger partial charge in [-0.3, -0.25) is 9.69 Å². The van der Waals surface area contributed by atoms with E-state index in [2.05, 4.69) is 6.58 Å². The highest BCUT2D eigenvalue weighted by atomic mass is 32.2. The number of aliphatic hydroxyl groups excluding tert-OH is 1. The van der Waals surface area contributed by atoms with Gasteiger partial charge in [-0.25, -0.2) is 4.79 Å². The number of carbonyl (C=O) groups excluding carboxylic acids is 2. The average molecular weight is 322 g/mol. The summed E-state index contributed by atoms with van der Waals surface area (Å²) in [5.74, 6) is -0.621. The second kappa shape index (κ2) is 5.90. The predicted octanol–water partition coefficient (Wildman–Crippen LogP) is 1.43. The van der Waals surface area contributed by atoms with Crippen molar-refractivity contribution in [1.29, 1.82) is 0 Å². The van der Waals surface area contributed by atoms with Crippen LogP contribution in [0.15, 0.2) is 43.1 Å². The minimum Gasteiger partial charge on any atom is -0.430 e. The molecule has 2 aliphatic rings. The SMILES string of the molecule is C=CCOC(=O)OC1=C(n2cccc2)S[C@@H]2[C@@H](CO)C(=O)N12. The Morgan fingerprint density at radius 1 is 1.45 bits per heavy atom. The third-order valence-electron chi connectivity index (χ3n) is 3.32. The van der Waals surface area contributed by atoms with Gasteiger partial charge < -0.3 is 19.1 Å². The normalized spacial score (nSPS) is 23.1. The lowest BCUT2D eigenvalue weighted by molar-refractivity contribution is -0.151. The Morgan fingerprint density at radius 3 is 2.82 bits per heavy atom. The molecule has 0 unspecified atom stereocenters. The second-order valence-electron chi connectivity index (χ2n) is 4.66. The number of aromatic nitrogens is 1. The maximum absolute atomic E-state index is 12.1. The monoisotopic (exact) mass is 322 g/mol. The molecule has 1 aromatic rings. The minimum absolute atomic E-state index is 0.0226. The van der Waals surface area contributed by atoms with Crippen molar-refractivity contribution in [3.8, 4) is 0 Å². The minimum atomic E-state index is -0.902. The number of rotatable bonds is 5. The molecular formula is C14H14N2O5S. The van der Waals surface area contributed by atoms with Crippen LogP contribution in [0.1, 0.15) is 0 Å². The molecule has 0 aromatic carbocycles. The average Bonchev–Trinajstić information content (AvgIpc) is 3.11. The Hall–Kier alpha value is -2.19. The van der Waals surface area contributed by atoms with Gasteiger partial charge in [-0.2, -0.15) is 0 Å². The van der Waals surface area contributed by atoms with E-state index < -0.39 is 12.1 Å². The zero-order valence-electron chi connectivity index (χ0n) is 11.5. The lowest BCUT2D eigenvalue weighted by atomic mass is 10.00. The molecule has 0 bridgehead atoms. The quantitative estimate of drug-likeness (QED) is 0.502. The molecule has 1 amide bonds. The van der Waals surface area contributed by atoms with E-state index in [1.54, 1.807) is 17.0 Å². The molecule has 3 heterocycles. The number of amides is 1. The summed E-state index contributed by atoms with van der Waals surface area (Å²) in [6.07, 6.45) is 4.09. The summed E-state index contributed by atoms with van der Waals surface area (Å²) in [7, 11) is 0. The molecule has 0 aliphatic carbocycles. The molecule has 1 saturated heterocycles. The molecule has 1 aromatic heterocycles. The Balaban J connectivity index is 1.86. The van der Waals surface area contributed by atoms with Gasteiger partial charge in [0.2, 0.25) is 11.8 Å². The second-order valence-corrected chi connectivity index (χ2v) is 5.76. The van der Waals surface area contributed by atoms with Crippen LogP contribution in [-0.2, 0) is 14.3 Å². The Morgan fingerprint density at radius 2 is 2.18 bits per heavy atom. The number of hydrogen-bond donors (Lipinski definition) is 1. The lowest BCUT2D eigenvalue weighted by Crippen LogP contribution is -2.58. The van der Waals surface area contributed by atoms with Crippen LogP contribution in [0.3, 0.4) is 0 Å². The number of carbonyl (C=O) groups is 2. The predicted molar refractivity (Wildman–Crippen MR) is 79.1 cm³/mol. The molecule has 0 saturated carbocycles. The van der Waals surface area contributed by atoms with Crippen molar-refractivity contribution >= 4 is 28.9 Å². The van der Waals surface area contributed by atoms with Crippen molar-refractivity contribution in [3.05, 3.63) is 43.1 Å². The van der Waals surface area contributed by atoms with E-state index in [1.807, 2.05) is 12.1 Å².